The molecule has 0 aliphatic carbocycles. The van der Waals surface area contributed by atoms with Crippen molar-refractivity contribution >= 4 is 41.5 Å². The summed E-state index contributed by atoms with van der Waals surface area (Å²) in [4.78, 5) is 10.5. The van der Waals surface area contributed by atoms with Gasteiger partial charge in [0.1, 0.15) is 6.04 Å². The molecule has 0 aliphatic heterocycles. The van der Waals surface area contributed by atoms with Gasteiger partial charge in [-0.3, -0.25) is 4.79 Å². The van der Waals surface area contributed by atoms with Gasteiger partial charge in [-0.25, -0.2) is 3.53 Å². The second kappa shape index (κ2) is 3.77. The summed E-state index contributed by atoms with van der Waals surface area (Å²) in [6, 6.07) is -0.614. The minimum Gasteiger partial charge on any atom is -0.480 e. The Balaban J connectivity index is 4.22. The number of halogens is 1. The van der Waals surface area contributed by atoms with Crippen LogP contribution in [0.3, 0.4) is 0 Å². The summed E-state index contributed by atoms with van der Waals surface area (Å²) in [6.45, 7) is 3.50. The number of thiol groups is 1. The Hall–Kier alpha value is 0.510. The molecule has 0 rings (SSSR count). The maximum Gasteiger partial charge on any atom is 0.322 e. The fourth-order valence-corrected chi connectivity index (χ4v) is 1.95. The van der Waals surface area contributed by atoms with Crippen LogP contribution in [0, 0.1) is 0 Å². The Morgan fingerprint density at radius 2 is 2.20 bits per heavy atom. The summed E-state index contributed by atoms with van der Waals surface area (Å²) in [7, 11) is 0. The zero-order valence-corrected chi connectivity index (χ0v) is 8.81. The maximum absolute atomic E-state index is 10.5. The van der Waals surface area contributed by atoms with Crippen molar-refractivity contribution in [1.82, 2.24) is 3.53 Å². The SMILES string of the molecule is CC(C)(S)[C@H](NI)C(=O)O. The lowest BCUT2D eigenvalue weighted by Crippen LogP contribution is -2.45. The zero-order valence-electron chi connectivity index (χ0n) is 5.76. The number of rotatable bonds is 3. The normalized spacial score (nSPS) is 14.8. The molecule has 0 saturated carbocycles. The Morgan fingerprint density at radius 3 is 2.20 bits per heavy atom. The summed E-state index contributed by atoms with van der Waals surface area (Å²) in [5.74, 6) is -0.880. The number of carboxylic acid groups (broad SMARTS) is 1. The number of hydrogen-bond donors (Lipinski definition) is 3. The molecule has 0 fully saturated rings. The van der Waals surface area contributed by atoms with E-state index in [1.54, 1.807) is 13.8 Å². The first-order chi connectivity index (χ1) is 4.39. The van der Waals surface area contributed by atoms with Crippen LogP contribution < -0.4 is 3.53 Å². The lowest BCUT2D eigenvalue weighted by molar-refractivity contribution is -0.139. The van der Waals surface area contributed by atoms with Crippen molar-refractivity contribution in [2.24, 2.45) is 0 Å². The molecular weight excluding hydrogens is 265 g/mol. The summed E-state index contributed by atoms with van der Waals surface area (Å²) < 4.78 is 2.10. The third kappa shape index (κ3) is 3.07. The van der Waals surface area contributed by atoms with Gasteiger partial charge >= 0.3 is 5.97 Å². The molecule has 0 saturated heterocycles. The first kappa shape index (κ1) is 10.5. The summed E-state index contributed by atoms with van der Waals surface area (Å²) in [5, 5.41) is 8.59. The van der Waals surface area contributed by atoms with Crippen LogP contribution in [0.25, 0.3) is 0 Å². The van der Waals surface area contributed by atoms with Gasteiger partial charge in [-0.2, -0.15) is 12.6 Å². The monoisotopic (exact) mass is 275 g/mol. The quantitative estimate of drug-likeness (QED) is 0.410. The van der Waals surface area contributed by atoms with E-state index in [0.717, 1.165) is 0 Å². The first-order valence-corrected chi connectivity index (χ1v) is 4.23. The van der Waals surface area contributed by atoms with Crippen LogP contribution in [0.4, 0.5) is 0 Å². The number of hydrogen-bond acceptors (Lipinski definition) is 3. The largest absolute Gasteiger partial charge is 0.480 e. The summed E-state index contributed by atoms with van der Waals surface area (Å²) in [5.41, 5.74) is 0. The third-order valence-electron chi connectivity index (χ3n) is 1.06. The van der Waals surface area contributed by atoms with Gasteiger partial charge in [-0.05, 0) is 13.8 Å². The average Bonchev–Trinajstić information content (AvgIpc) is 1.60. The van der Waals surface area contributed by atoms with Gasteiger partial charge in [-0.15, -0.1) is 0 Å². The lowest BCUT2D eigenvalue weighted by Gasteiger charge is -2.24. The van der Waals surface area contributed by atoms with Gasteiger partial charge in [0, 0.05) is 27.6 Å². The molecule has 0 spiro atoms. The van der Waals surface area contributed by atoms with Crippen LogP contribution in [0.15, 0.2) is 0 Å². The Morgan fingerprint density at radius 1 is 1.80 bits per heavy atom. The number of nitrogens with one attached hydrogen (secondary N) is 1. The molecule has 60 valence electrons. The maximum atomic E-state index is 10.5. The predicted molar refractivity (Wildman–Crippen MR) is 51.6 cm³/mol. The standard InChI is InChI=1S/C5H10INO2S/c1-5(2,10)3(7-6)4(8)9/h3,7,10H,1-2H3,(H,8,9)/t3-/m1/s1. The van der Waals surface area contributed by atoms with Gasteiger partial charge in [0.05, 0.1) is 0 Å². The van der Waals surface area contributed by atoms with Crippen molar-refractivity contribution in [1.29, 1.82) is 0 Å². The Labute approximate surface area is 79.5 Å². The molecule has 0 heterocycles. The molecule has 5 heteroatoms. The molecule has 0 aromatic rings. The van der Waals surface area contributed by atoms with Gasteiger partial charge in [0.25, 0.3) is 0 Å². The van der Waals surface area contributed by atoms with Crippen LogP contribution >= 0.6 is 35.5 Å². The molecule has 0 amide bonds. The van der Waals surface area contributed by atoms with Gasteiger partial charge in [0.2, 0.25) is 0 Å². The summed E-state index contributed by atoms with van der Waals surface area (Å²) >= 11 is 5.93. The van der Waals surface area contributed by atoms with E-state index in [2.05, 4.69) is 16.2 Å². The van der Waals surface area contributed by atoms with Crippen molar-refractivity contribution in [3.63, 3.8) is 0 Å². The first-order valence-electron chi connectivity index (χ1n) is 2.71. The molecule has 2 N–H and O–H groups in total. The lowest BCUT2D eigenvalue weighted by atomic mass is 10.1. The number of carbonyl (C=O) groups is 1. The average molecular weight is 275 g/mol. The predicted octanol–water partition coefficient (Wildman–Crippen LogP) is 1.09. The molecule has 1 atom stereocenters. The van der Waals surface area contributed by atoms with Gasteiger partial charge in [-0.1, -0.05) is 0 Å². The van der Waals surface area contributed by atoms with Crippen molar-refractivity contribution in [3.8, 4) is 0 Å². The van der Waals surface area contributed by atoms with Crippen LogP contribution in [0.1, 0.15) is 13.8 Å². The van der Waals surface area contributed by atoms with E-state index in [0.29, 0.717) is 0 Å². The van der Waals surface area contributed by atoms with E-state index < -0.39 is 16.8 Å². The molecule has 0 unspecified atom stereocenters. The van der Waals surface area contributed by atoms with Gasteiger partial charge < -0.3 is 5.11 Å². The fourth-order valence-electron chi connectivity index (χ4n) is 0.482. The Bertz CT molecular complexity index is 134. The van der Waals surface area contributed by atoms with Crippen LogP contribution in [0.5, 0.6) is 0 Å². The second-order valence-electron chi connectivity index (χ2n) is 2.53. The second-order valence-corrected chi connectivity index (χ2v) is 4.31. The number of aliphatic carboxylic acids is 1. The highest BCUT2D eigenvalue weighted by Crippen LogP contribution is 2.18. The third-order valence-corrected chi connectivity index (χ3v) is 1.94. The highest BCUT2D eigenvalue weighted by atomic mass is 127. The zero-order chi connectivity index (χ0) is 8.36. The molecule has 0 aliphatic rings. The fraction of sp³-hybridized carbons (Fsp3) is 0.800. The molecule has 10 heavy (non-hydrogen) atoms. The van der Waals surface area contributed by atoms with E-state index in [-0.39, 0.29) is 0 Å². The van der Waals surface area contributed by atoms with E-state index in [1.165, 1.54) is 0 Å². The molecule has 0 aromatic carbocycles. The van der Waals surface area contributed by atoms with Crippen LogP contribution in [-0.4, -0.2) is 21.9 Å². The van der Waals surface area contributed by atoms with Gasteiger partial charge in [0.15, 0.2) is 0 Å². The van der Waals surface area contributed by atoms with Crippen molar-refractivity contribution in [3.05, 3.63) is 0 Å². The molecule has 0 bridgehead atoms. The van der Waals surface area contributed by atoms with E-state index in [9.17, 15) is 4.79 Å². The molecule has 0 aromatic heterocycles. The smallest absolute Gasteiger partial charge is 0.322 e. The van der Waals surface area contributed by atoms with E-state index in [1.807, 2.05) is 22.9 Å². The number of carboxylic acids is 1. The van der Waals surface area contributed by atoms with Crippen LogP contribution in [-0.2, 0) is 4.79 Å². The summed E-state index contributed by atoms with van der Waals surface area (Å²) in [6.07, 6.45) is 0. The van der Waals surface area contributed by atoms with Crippen molar-refractivity contribution in [2.45, 2.75) is 24.6 Å². The molecule has 3 nitrogen and oxygen atoms in total. The van der Waals surface area contributed by atoms with Crippen LogP contribution in [0.2, 0.25) is 0 Å². The minimum atomic E-state index is -0.880. The van der Waals surface area contributed by atoms with E-state index >= 15 is 0 Å². The Kier molecular flexibility index (Phi) is 3.97. The highest BCUT2D eigenvalue weighted by Gasteiger charge is 2.30. The van der Waals surface area contributed by atoms with Crippen molar-refractivity contribution in [2.75, 3.05) is 0 Å². The van der Waals surface area contributed by atoms with Crippen molar-refractivity contribution < 1.29 is 9.90 Å². The molecule has 0 radical (unpaired) electrons. The molecular formula is C5H10INO2S. The van der Waals surface area contributed by atoms with E-state index in [4.69, 9.17) is 5.11 Å². The minimum absolute atomic E-state index is 0.535. The topological polar surface area (TPSA) is 49.3 Å². The highest BCUT2D eigenvalue weighted by molar-refractivity contribution is 14.1.